The molecule has 116 valence electrons. The molecule has 1 N–H and O–H groups in total. The predicted molar refractivity (Wildman–Crippen MR) is 84.2 cm³/mol. The zero-order valence-electron chi connectivity index (χ0n) is 12.6. The van der Waals surface area contributed by atoms with Gasteiger partial charge in [-0.2, -0.15) is 0 Å². The van der Waals surface area contributed by atoms with Crippen LogP contribution in [0.15, 0.2) is 42.6 Å². The fourth-order valence-corrected chi connectivity index (χ4v) is 3.03. The van der Waals surface area contributed by atoms with Gasteiger partial charge in [-0.05, 0) is 30.7 Å². The molecule has 0 saturated heterocycles. The number of fused-ring (bicyclic) bond motifs is 1. The number of hydrogen-bond donors (Lipinski definition) is 1. The summed E-state index contributed by atoms with van der Waals surface area (Å²) in [4.78, 5) is 14.4. The van der Waals surface area contributed by atoms with E-state index < -0.39 is 5.82 Å². The monoisotopic (exact) mass is 301 g/mol. The predicted octanol–water partition coefficient (Wildman–Crippen LogP) is 4.02. The van der Waals surface area contributed by atoms with Crippen molar-refractivity contribution in [1.82, 2.24) is 9.47 Å². The first-order chi connectivity index (χ1) is 10.7. The highest BCUT2D eigenvalue weighted by molar-refractivity contribution is 5.89. The third kappa shape index (κ3) is 2.71. The molecule has 1 atom stereocenters. The molecule has 3 rings (SSSR count). The van der Waals surface area contributed by atoms with Crippen molar-refractivity contribution < 1.29 is 9.18 Å². The Morgan fingerprint density at radius 3 is 2.86 bits per heavy atom. The van der Waals surface area contributed by atoms with E-state index in [4.69, 9.17) is 0 Å². The Hall–Kier alpha value is -2.30. The lowest BCUT2D eigenvalue weighted by Crippen LogP contribution is -2.44. The van der Waals surface area contributed by atoms with Crippen molar-refractivity contribution in [3.8, 4) is 0 Å². The highest BCUT2D eigenvalue weighted by Gasteiger charge is 2.30. The van der Waals surface area contributed by atoms with Crippen LogP contribution in [-0.2, 0) is 6.54 Å². The number of nitrogens with zero attached hydrogens (tertiary/aromatic N) is 2. The lowest BCUT2D eigenvalue weighted by atomic mass is 10.0. The molecule has 1 aliphatic rings. The minimum absolute atomic E-state index is 0.0422. The van der Waals surface area contributed by atoms with Crippen molar-refractivity contribution in [3.63, 3.8) is 0 Å². The number of nitrogens with one attached hydrogen (secondary N) is 1. The second kappa shape index (κ2) is 6.22. The van der Waals surface area contributed by atoms with Gasteiger partial charge in [-0.1, -0.05) is 25.5 Å². The molecular formula is C17H20FN3O. The van der Waals surface area contributed by atoms with Crippen molar-refractivity contribution in [2.75, 3.05) is 11.9 Å². The van der Waals surface area contributed by atoms with E-state index in [1.54, 1.807) is 18.2 Å². The molecule has 0 radical (unpaired) electrons. The zero-order chi connectivity index (χ0) is 15.5. The minimum Gasteiger partial charge on any atom is -0.348 e. The second-order valence-corrected chi connectivity index (χ2v) is 5.53. The molecule has 2 amide bonds. The Balaban J connectivity index is 1.81. The lowest BCUT2D eigenvalue weighted by molar-refractivity contribution is 0.163. The number of halogens is 1. The summed E-state index contributed by atoms with van der Waals surface area (Å²) in [6.45, 7) is 3.51. The molecule has 2 heterocycles. The topological polar surface area (TPSA) is 37.3 Å². The Bertz CT molecular complexity index is 667. The third-order valence-corrected chi connectivity index (χ3v) is 4.10. The van der Waals surface area contributed by atoms with Gasteiger partial charge in [-0.15, -0.1) is 0 Å². The summed E-state index contributed by atoms with van der Waals surface area (Å²) in [6.07, 6.45) is 3.93. The van der Waals surface area contributed by atoms with E-state index in [-0.39, 0.29) is 17.8 Å². The van der Waals surface area contributed by atoms with E-state index in [1.807, 2.05) is 17.2 Å². The molecule has 1 unspecified atom stereocenters. The molecule has 2 aromatic rings. The maximum Gasteiger partial charge on any atom is 0.322 e. The Labute approximate surface area is 129 Å². The summed E-state index contributed by atoms with van der Waals surface area (Å²) >= 11 is 0. The SMILES string of the molecule is CCCC1c2cccn2CCN1C(=O)Nc1ccccc1F. The summed E-state index contributed by atoms with van der Waals surface area (Å²) in [6, 6.07) is 10.1. The molecule has 0 spiro atoms. The van der Waals surface area contributed by atoms with E-state index in [1.165, 1.54) is 6.07 Å². The summed E-state index contributed by atoms with van der Waals surface area (Å²) < 4.78 is 15.9. The van der Waals surface area contributed by atoms with Crippen LogP contribution in [0.1, 0.15) is 31.5 Å². The average molecular weight is 301 g/mol. The van der Waals surface area contributed by atoms with Crippen LogP contribution in [0.2, 0.25) is 0 Å². The molecule has 1 aromatic carbocycles. The average Bonchev–Trinajstić information content (AvgIpc) is 2.99. The van der Waals surface area contributed by atoms with Crippen LogP contribution in [0.5, 0.6) is 0 Å². The third-order valence-electron chi connectivity index (χ3n) is 4.10. The number of carbonyl (C=O) groups is 1. The normalized spacial score (nSPS) is 17.2. The van der Waals surface area contributed by atoms with Crippen LogP contribution in [-0.4, -0.2) is 22.0 Å². The van der Waals surface area contributed by atoms with Crippen molar-refractivity contribution in [2.24, 2.45) is 0 Å². The molecule has 0 aliphatic carbocycles. The molecule has 4 nitrogen and oxygen atoms in total. The number of aromatic nitrogens is 1. The first kappa shape index (κ1) is 14.6. The van der Waals surface area contributed by atoms with Gasteiger partial charge in [-0.25, -0.2) is 9.18 Å². The summed E-state index contributed by atoms with van der Waals surface area (Å²) in [7, 11) is 0. The molecule has 1 aromatic heterocycles. The quantitative estimate of drug-likeness (QED) is 0.913. The number of rotatable bonds is 3. The lowest BCUT2D eigenvalue weighted by Gasteiger charge is -2.37. The van der Waals surface area contributed by atoms with Crippen LogP contribution in [0.4, 0.5) is 14.9 Å². The summed E-state index contributed by atoms with van der Waals surface area (Å²) in [5.41, 5.74) is 1.38. The number of carbonyl (C=O) groups excluding carboxylic acids is 1. The number of hydrogen-bond acceptors (Lipinski definition) is 1. The Morgan fingerprint density at radius 2 is 2.09 bits per heavy atom. The molecular weight excluding hydrogens is 281 g/mol. The van der Waals surface area contributed by atoms with Crippen molar-refractivity contribution in [3.05, 3.63) is 54.1 Å². The largest absolute Gasteiger partial charge is 0.348 e. The second-order valence-electron chi connectivity index (χ2n) is 5.53. The fraction of sp³-hybridized carbons (Fsp3) is 0.353. The Morgan fingerprint density at radius 1 is 1.27 bits per heavy atom. The van der Waals surface area contributed by atoms with Crippen LogP contribution in [0.3, 0.4) is 0 Å². The standard InChI is InChI=1S/C17H20FN3O/c1-2-6-16-15-9-5-10-20(15)11-12-21(16)17(22)19-14-8-4-3-7-13(14)18/h3-5,7-10,16H,2,6,11-12H2,1H3,(H,19,22). The van der Waals surface area contributed by atoms with Gasteiger partial charge in [-0.3, -0.25) is 0 Å². The van der Waals surface area contributed by atoms with Crippen molar-refractivity contribution >= 4 is 11.7 Å². The Kier molecular flexibility index (Phi) is 4.13. The summed E-state index contributed by atoms with van der Waals surface area (Å²) in [5, 5.41) is 2.69. The van der Waals surface area contributed by atoms with E-state index in [0.29, 0.717) is 6.54 Å². The highest BCUT2D eigenvalue weighted by Crippen LogP contribution is 2.30. The van der Waals surface area contributed by atoms with Gasteiger partial charge in [0.1, 0.15) is 5.82 Å². The molecule has 22 heavy (non-hydrogen) atoms. The van der Waals surface area contributed by atoms with Crippen molar-refractivity contribution in [2.45, 2.75) is 32.4 Å². The van der Waals surface area contributed by atoms with E-state index in [0.717, 1.165) is 25.1 Å². The number of urea groups is 1. The number of anilines is 1. The van der Waals surface area contributed by atoms with Crippen LogP contribution < -0.4 is 5.32 Å². The van der Waals surface area contributed by atoms with Crippen LogP contribution in [0, 0.1) is 5.82 Å². The molecule has 0 bridgehead atoms. The smallest absolute Gasteiger partial charge is 0.322 e. The summed E-state index contributed by atoms with van der Waals surface area (Å²) in [5.74, 6) is -0.414. The maximum absolute atomic E-state index is 13.7. The van der Waals surface area contributed by atoms with Gasteiger partial charge in [0.05, 0.1) is 11.7 Å². The van der Waals surface area contributed by atoms with Gasteiger partial charge in [0.15, 0.2) is 0 Å². The van der Waals surface area contributed by atoms with Gasteiger partial charge in [0, 0.05) is 25.0 Å². The number of para-hydroxylation sites is 1. The van der Waals surface area contributed by atoms with Gasteiger partial charge in [0.25, 0.3) is 0 Å². The first-order valence-corrected chi connectivity index (χ1v) is 7.68. The maximum atomic E-state index is 13.7. The fourth-order valence-electron chi connectivity index (χ4n) is 3.03. The first-order valence-electron chi connectivity index (χ1n) is 7.68. The van der Waals surface area contributed by atoms with E-state index in [9.17, 15) is 9.18 Å². The number of benzene rings is 1. The molecule has 0 saturated carbocycles. The van der Waals surface area contributed by atoms with Gasteiger partial charge >= 0.3 is 6.03 Å². The number of amides is 2. The van der Waals surface area contributed by atoms with Gasteiger partial charge in [0.2, 0.25) is 0 Å². The highest BCUT2D eigenvalue weighted by atomic mass is 19.1. The van der Waals surface area contributed by atoms with Crippen LogP contribution in [0.25, 0.3) is 0 Å². The molecule has 1 aliphatic heterocycles. The zero-order valence-corrected chi connectivity index (χ0v) is 12.6. The van der Waals surface area contributed by atoms with E-state index >= 15 is 0 Å². The van der Waals surface area contributed by atoms with E-state index in [2.05, 4.69) is 22.9 Å². The van der Waals surface area contributed by atoms with Crippen molar-refractivity contribution in [1.29, 1.82) is 0 Å². The van der Waals surface area contributed by atoms with Gasteiger partial charge < -0.3 is 14.8 Å². The van der Waals surface area contributed by atoms with Crippen LogP contribution >= 0.6 is 0 Å². The molecule has 0 fully saturated rings. The molecule has 5 heteroatoms. The minimum atomic E-state index is -0.414.